The molecule has 7 nitrogen and oxygen atoms in total. The van der Waals surface area contributed by atoms with E-state index in [1.807, 2.05) is 56.0 Å². The lowest BCUT2D eigenvalue weighted by atomic mass is 9.74. The van der Waals surface area contributed by atoms with E-state index in [0.29, 0.717) is 25.7 Å². The van der Waals surface area contributed by atoms with Crippen molar-refractivity contribution < 1.29 is 23.9 Å². The molecule has 7 heteroatoms. The number of aryl methyl sites for hydroxylation is 1. The summed E-state index contributed by atoms with van der Waals surface area (Å²) in [6.07, 6.45) is 5.79. The first-order valence-corrected chi connectivity index (χ1v) is 13.5. The van der Waals surface area contributed by atoms with Gasteiger partial charge < -0.3 is 15.2 Å². The van der Waals surface area contributed by atoms with Gasteiger partial charge in [0.25, 0.3) is 0 Å². The van der Waals surface area contributed by atoms with Crippen molar-refractivity contribution >= 4 is 17.7 Å². The van der Waals surface area contributed by atoms with Crippen LogP contribution in [0.25, 0.3) is 0 Å². The molecule has 5 atom stereocenters. The third-order valence-electron chi connectivity index (χ3n) is 7.55. The number of carbonyl (C=O) groups is 3. The highest BCUT2D eigenvalue weighted by atomic mass is 16.6. The normalized spacial score (nSPS) is 26.4. The Bertz CT molecular complexity index is 910. The topological polar surface area (TPSA) is 98.9 Å². The van der Waals surface area contributed by atoms with E-state index in [0.717, 1.165) is 31.2 Å². The summed E-state index contributed by atoms with van der Waals surface area (Å²) < 4.78 is 11.4. The molecule has 0 aromatic heterocycles. The Morgan fingerprint density at radius 1 is 1.14 bits per heavy atom. The van der Waals surface area contributed by atoms with Crippen molar-refractivity contribution in [1.29, 1.82) is 0 Å². The van der Waals surface area contributed by atoms with Crippen LogP contribution in [-0.2, 0) is 30.3 Å². The summed E-state index contributed by atoms with van der Waals surface area (Å²) in [5.41, 5.74) is 5.66. The molecule has 2 N–H and O–H groups in total. The fraction of sp³-hybridized carbons (Fsp3) is 0.690. The molecular formula is C29H44N2O5. The Hall–Kier alpha value is -2.25. The second-order valence-corrected chi connectivity index (χ2v) is 11.4. The van der Waals surface area contributed by atoms with Crippen LogP contribution in [0.15, 0.2) is 30.3 Å². The van der Waals surface area contributed by atoms with Crippen LogP contribution in [0.5, 0.6) is 0 Å². The van der Waals surface area contributed by atoms with Gasteiger partial charge in [-0.2, -0.15) is 0 Å². The molecule has 2 aliphatic rings. The van der Waals surface area contributed by atoms with E-state index in [4.69, 9.17) is 15.2 Å². The molecule has 1 unspecified atom stereocenters. The van der Waals surface area contributed by atoms with Crippen LogP contribution in [-0.4, -0.2) is 58.5 Å². The van der Waals surface area contributed by atoms with Crippen molar-refractivity contribution in [2.45, 2.75) is 115 Å². The molecule has 200 valence electrons. The summed E-state index contributed by atoms with van der Waals surface area (Å²) in [6.45, 7) is 9.22. The molecule has 1 aliphatic carbocycles. The van der Waals surface area contributed by atoms with E-state index in [1.165, 1.54) is 0 Å². The number of ether oxygens (including phenoxy) is 2. The van der Waals surface area contributed by atoms with Crippen LogP contribution >= 0.6 is 0 Å². The van der Waals surface area contributed by atoms with Crippen molar-refractivity contribution in [3.63, 3.8) is 0 Å². The predicted molar refractivity (Wildman–Crippen MR) is 139 cm³/mol. The number of Topliss-reactive ketones (excluding diaryl/α,β-unsaturated/α-hetero) is 1. The smallest absolute Gasteiger partial charge is 0.323 e. The lowest BCUT2D eigenvalue weighted by molar-refractivity contribution is -0.168. The zero-order valence-corrected chi connectivity index (χ0v) is 22.6. The maximum absolute atomic E-state index is 14.0. The lowest BCUT2D eigenvalue weighted by Gasteiger charge is -2.46. The number of carbonyl (C=O) groups excluding carboxylic acids is 3. The molecular weight excluding hydrogens is 456 g/mol. The van der Waals surface area contributed by atoms with Gasteiger partial charge in [-0.25, -0.2) is 0 Å². The van der Waals surface area contributed by atoms with Crippen LogP contribution in [0.3, 0.4) is 0 Å². The van der Waals surface area contributed by atoms with Crippen LogP contribution in [0.2, 0.25) is 0 Å². The van der Waals surface area contributed by atoms with Gasteiger partial charge in [0.1, 0.15) is 17.7 Å². The Balaban J connectivity index is 2.12. The SMILES string of the molecule is CCOC(=O)[C@H](CCc1ccccc1)N1[C@H](C(=O)OC(C)(C)C)C[C@H]2CCCCC[C@]21C(=O)C(C)N. The fourth-order valence-electron chi connectivity index (χ4n) is 6.20. The van der Waals surface area contributed by atoms with Crippen LogP contribution in [0.1, 0.15) is 85.1 Å². The summed E-state index contributed by atoms with van der Waals surface area (Å²) in [6, 6.07) is 7.77. The summed E-state index contributed by atoms with van der Waals surface area (Å²) in [7, 11) is 0. The first-order valence-electron chi connectivity index (χ1n) is 13.5. The Kier molecular flexibility index (Phi) is 9.33. The summed E-state index contributed by atoms with van der Waals surface area (Å²) in [5.74, 6) is -0.940. The van der Waals surface area contributed by atoms with Gasteiger partial charge in [-0.15, -0.1) is 0 Å². The molecule has 1 aromatic rings. The number of esters is 2. The first-order chi connectivity index (χ1) is 17.0. The van der Waals surface area contributed by atoms with Crippen LogP contribution in [0.4, 0.5) is 0 Å². The van der Waals surface area contributed by atoms with E-state index in [1.54, 1.807) is 13.8 Å². The number of nitrogens with two attached hydrogens (primary N) is 1. The van der Waals surface area contributed by atoms with E-state index in [2.05, 4.69) is 0 Å². The zero-order valence-electron chi connectivity index (χ0n) is 22.6. The third kappa shape index (κ3) is 6.17. The first kappa shape index (κ1) is 28.3. The average Bonchev–Trinajstić information content (AvgIpc) is 2.98. The minimum atomic E-state index is -0.986. The van der Waals surface area contributed by atoms with Crippen molar-refractivity contribution in [2.24, 2.45) is 11.7 Å². The third-order valence-corrected chi connectivity index (χ3v) is 7.55. The molecule has 2 fully saturated rings. The molecule has 3 rings (SSSR count). The summed E-state index contributed by atoms with van der Waals surface area (Å²) in [4.78, 5) is 43.1. The number of likely N-dealkylation sites (tertiary alicyclic amines) is 1. The predicted octanol–water partition coefficient (Wildman–Crippen LogP) is 4.20. The Morgan fingerprint density at radius 2 is 1.83 bits per heavy atom. The van der Waals surface area contributed by atoms with Gasteiger partial charge in [0.2, 0.25) is 0 Å². The molecule has 0 spiro atoms. The molecule has 0 radical (unpaired) electrons. The lowest BCUT2D eigenvalue weighted by Crippen LogP contribution is -2.65. The minimum absolute atomic E-state index is 0.0651. The van der Waals surface area contributed by atoms with Crippen molar-refractivity contribution in [2.75, 3.05) is 6.61 Å². The highest BCUT2D eigenvalue weighted by Crippen LogP contribution is 2.50. The largest absolute Gasteiger partial charge is 0.465 e. The second kappa shape index (κ2) is 11.9. The Labute approximate surface area is 216 Å². The molecule has 1 aliphatic heterocycles. The number of fused-ring (bicyclic) bond motifs is 1. The maximum atomic E-state index is 14.0. The number of nitrogens with zero attached hydrogens (tertiary/aromatic N) is 1. The highest BCUT2D eigenvalue weighted by Gasteiger charge is 2.63. The zero-order chi connectivity index (χ0) is 26.5. The summed E-state index contributed by atoms with van der Waals surface area (Å²) in [5, 5.41) is 0. The van der Waals surface area contributed by atoms with E-state index in [9.17, 15) is 14.4 Å². The van der Waals surface area contributed by atoms with Crippen LogP contribution < -0.4 is 5.73 Å². The van der Waals surface area contributed by atoms with Gasteiger partial charge >= 0.3 is 11.9 Å². The quantitative estimate of drug-likeness (QED) is 0.507. The molecule has 36 heavy (non-hydrogen) atoms. The summed E-state index contributed by atoms with van der Waals surface area (Å²) >= 11 is 0. The van der Waals surface area contributed by atoms with Gasteiger partial charge in [0.05, 0.1) is 18.2 Å². The molecule has 0 amide bonds. The minimum Gasteiger partial charge on any atom is -0.465 e. The molecule has 1 aromatic carbocycles. The van der Waals surface area contributed by atoms with Gasteiger partial charge in [-0.3, -0.25) is 19.3 Å². The molecule has 1 heterocycles. The van der Waals surface area contributed by atoms with Gasteiger partial charge in [-0.05, 0) is 78.2 Å². The van der Waals surface area contributed by atoms with E-state index in [-0.39, 0.29) is 24.3 Å². The van der Waals surface area contributed by atoms with Gasteiger partial charge in [0, 0.05) is 0 Å². The van der Waals surface area contributed by atoms with Crippen molar-refractivity contribution in [3.8, 4) is 0 Å². The second-order valence-electron chi connectivity index (χ2n) is 11.4. The molecule has 1 saturated heterocycles. The standard InChI is InChI=1S/C29H44N2O5/c1-6-35-26(33)23(17-16-21-13-9-7-10-14-21)31-24(27(34)36-28(3,4)5)19-22-15-11-8-12-18-29(22,31)25(32)20(2)30/h7,9-10,13-14,20,22-24H,6,8,11-12,15-19,30H2,1-5H3/t20?,22-,23+,24+,29-/m1/s1. The van der Waals surface area contributed by atoms with Crippen LogP contribution in [0, 0.1) is 5.92 Å². The number of ketones is 1. The van der Waals surface area contributed by atoms with Crippen molar-refractivity contribution in [1.82, 2.24) is 4.90 Å². The van der Waals surface area contributed by atoms with Crippen molar-refractivity contribution in [3.05, 3.63) is 35.9 Å². The highest BCUT2D eigenvalue weighted by molar-refractivity contribution is 5.95. The number of hydrogen-bond donors (Lipinski definition) is 1. The van der Waals surface area contributed by atoms with Gasteiger partial charge in [0.15, 0.2) is 5.78 Å². The maximum Gasteiger partial charge on any atom is 0.323 e. The van der Waals surface area contributed by atoms with E-state index >= 15 is 0 Å². The Morgan fingerprint density at radius 3 is 2.44 bits per heavy atom. The number of benzene rings is 1. The fourth-order valence-corrected chi connectivity index (χ4v) is 6.20. The van der Waals surface area contributed by atoms with Gasteiger partial charge in [-0.1, -0.05) is 49.6 Å². The number of hydrogen-bond acceptors (Lipinski definition) is 7. The number of rotatable bonds is 9. The van der Waals surface area contributed by atoms with E-state index < -0.39 is 35.2 Å². The molecule has 0 bridgehead atoms. The average molecular weight is 501 g/mol. The molecule has 1 saturated carbocycles. The monoisotopic (exact) mass is 500 g/mol.